The first-order valence-electron chi connectivity index (χ1n) is 11.4. The number of ether oxygens (including phenoxy) is 2. The van der Waals surface area contributed by atoms with Crippen LogP contribution in [0.25, 0.3) is 21.3 Å². The molecular formula is C25H26N4O5S2. The van der Waals surface area contributed by atoms with E-state index in [-0.39, 0.29) is 23.2 Å². The van der Waals surface area contributed by atoms with Crippen molar-refractivity contribution in [3.05, 3.63) is 56.9 Å². The Morgan fingerprint density at radius 1 is 1.19 bits per heavy atom. The zero-order valence-electron chi connectivity index (χ0n) is 20.4. The Kier molecular flexibility index (Phi) is 7.80. The highest BCUT2D eigenvalue weighted by atomic mass is 32.1. The number of amides is 1. The summed E-state index contributed by atoms with van der Waals surface area (Å²) in [5.41, 5.74) is 1.78. The lowest BCUT2D eigenvalue weighted by molar-refractivity contribution is -0.116. The van der Waals surface area contributed by atoms with Gasteiger partial charge in [0.15, 0.2) is 5.13 Å². The van der Waals surface area contributed by atoms with E-state index in [2.05, 4.69) is 15.3 Å². The summed E-state index contributed by atoms with van der Waals surface area (Å²) in [4.78, 5) is 47.8. The molecule has 3 aromatic heterocycles. The average molecular weight is 527 g/mol. The number of thiazole rings is 1. The molecule has 0 aliphatic carbocycles. The summed E-state index contributed by atoms with van der Waals surface area (Å²) in [5.74, 6) is 0.0434. The van der Waals surface area contributed by atoms with Crippen LogP contribution in [0.4, 0.5) is 5.13 Å². The second-order valence-corrected chi connectivity index (χ2v) is 10.3. The smallest absolute Gasteiger partial charge is 0.350 e. The maximum absolute atomic E-state index is 13.3. The van der Waals surface area contributed by atoms with Gasteiger partial charge in [0.05, 0.1) is 30.6 Å². The van der Waals surface area contributed by atoms with Crippen molar-refractivity contribution >= 4 is 49.9 Å². The molecule has 0 unspecified atom stereocenters. The topological polar surface area (TPSA) is 112 Å². The lowest BCUT2D eigenvalue weighted by Crippen LogP contribution is -2.27. The quantitative estimate of drug-likeness (QED) is 0.314. The monoisotopic (exact) mass is 526 g/mol. The van der Waals surface area contributed by atoms with E-state index in [1.54, 1.807) is 6.92 Å². The van der Waals surface area contributed by atoms with Gasteiger partial charge in [-0.1, -0.05) is 37.3 Å². The maximum Gasteiger partial charge on any atom is 0.350 e. The van der Waals surface area contributed by atoms with Gasteiger partial charge in [0.2, 0.25) is 5.91 Å². The highest BCUT2D eigenvalue weighted by Gasteiger charge is 2.19. The van der Waals surface area contributed by atoms with E-state index in [0.717, 1.165) is 28.2 Å². The fourth-order valence-corrected chi connectivity index (χ4v) is 5.23. The van der Waals surface area contributed by atoms with Gasteiger partial charge in [-0.3, -0.25) is 14.2 Å². The van der Waals surface area contributed by atoms with Crippen molar-refractivity contribution in [1.82, 2.24) is 14.5 Å². The summed E-state index contributed by atoms with van der Waals surface area (Å²) < 4.78 is 12.0. The molecule has 0 saturated carbocycles. The van der Waals surface area contributed by atoms with Crippen LogP contribution >= 0.6 is 22.7 Å². The van der Waals surface area contributed by atoms with Crippen molar-refractivity contribution in [2.75, 3.05) is 18.5 Å². The molecule has 0 bridgehead atoms. The number of benzene rings is 1. The largest absolute Gasteiger partial charge is 0.494 e. The molecule has 1 aromatic carbocycles. The van der Waals surface area contributed by atoms with Crippen molar-refractivity contribution in [3.8, 4) is 16.9 Å². The Hall–Kier alpha value is -3.57. The molecule has 1 N–H and O–H groups in total. The second kappa shape index (κ2) is 11.0. The van der Waals surface area contributed by atoms with Gasteiger partial charge in [-0.2, -0.15) is 0 Å². The summed E-state index contributed by atoms with van der Waals surface area (Å²) in [5, 5.41) is 5.28. The Morgan fingerprint density at radius 3 is 2.64 bits per heavy atom. The molecule has 0 atom stereocenters. The van der Waals surface area contributed by atoms with Gasteiger partial charge in [0.25, 0.3) is 5.56 Å². The van der Waals surface area contributed by atoms with E-state index >= 15 is 0 Å². The molecule has 0 spiro atoms. The van der Waals surface area contributed by atoms with Crippen LogP contribution in [0.2, 0.25) is 0 Å². The number of thiophene rings is 1. The minimum absolute atomic E-state index is 0.212. The van der Waals surface area contributed by atoms with E-state index in [4.69, 9.17) is 9.47 Å². The number of fused-ring (bicyclic) bond motifs is 1. The number of rotatable bonds is 9. The van der Waals surface area contributed by atoms with Gasteiger partial charge in [0, 0.05) is 10.9 Å². The first-order valence-corrected chi connectivity index (χ1v) is 13.1. The fourth-order valence-electron chi connectivity index (χ4n) is 3.45. The van der Waals surface area contributed by atoms with Crippen LogP contribution < -0.4 is 15.6 Å². The van der Waals surface area contributed by atoms with E-state index in [9.17, 15) is 14.4 Å². The molecular weight excluding hydrogens is 500 g/mol. The lowest BCUT2D eigenvalue weighted by Gasteiger charge is -2.07. The van der Waals surface area contributed by atoms with Crippen LogP contribution in [0.5, 0.6) is 5.75 Å². The highest BCUT2D eigenvalue weighted by Crippen LogP contribution is 2.31. The van der Waals surface area contributed by atoms with Gasteiger partial charge in [-0.25, -0.2) is 14.8 Å². The second-order valence-electron chi connectivity index (χ2n) is 8.44. The number of hydrogen-bond acceptors (Lipinski definition) is 9. The summed E-state index contributed by atoms with van der Waals surface area (Å²) in [6.07, 6.45) is 1.37. The van der Waals surface area contributed by atoms with Crippen molar-refractivity contribution in [1.29, 1.82) is 0 Å². The summed E-state index contributed by atoms with van der Waals surface area (Å²) in [7, 11) is 0. The van der Waals surface area contributed by atoms with E-state index in [0.29, 0.717) is 34.0 Å². The van der Waals surface area contributed by atoms with E-state index < -0.39 is 11.9 Å². The molecule has 0 radical (unpaired) electrons. The molecule has 0 saturated heterocycles. The van der Waals surface area contributed by atoms with Gasteiger partial charge in [-0.05, 0) is 37.5 Å². The lowest BCUT2D eigenvalue weighted by atomic mass is 10.1. The molecule has 11 heteroatoms. The number of aryl methyl sites for hydroxylation is 1. The van der Waals surface area contributed by atoms with Gasteiger partial charge < -0.3 is 14.8 Å². The number of hydrogen-bond donors (Lipinski definition) is 1. The molecule has 1 amide bonds. The Labute approximate surface area is 215 Å². The summed E-state index contributed by atoms with van der Waals surface area (Å²) in [6, 6.07) is 7.50. The molecule has 4 rings (SSSR count). The van der Waals surface area contributed by atoms with Crippen LogP contribution in [0.15, 0.2) is 40.8 Å². The fraction of sp³-hybridized carbons (Fsp3) is 0.320. The minimum Gasteiger partial charge on any atom is -0.494 e. The molecule has 0 aliphatic heterocycles. The summed E-state index contributed by atoms with van der Waals surface area (Å²) >= 11 is 2.41. The first kappa shape index (κ1) is 25.5. The number of carbonyl (C=O) groups is 2. The SMILES string of the molecule is CCOc1ccc(-c2csc3ncn(CC(=O)Nc4nc(C)c(C(=O)OCC(C)C)s4)c(=O)c23)cc1. The molecule has 188 valence electrons. The molecule has 4 aromatic rings. The number of carbonyl (C=O) groups excluding carboxylic acids is 2. The number of aromatic nitrogens is 3. The van der Waals surface area contributed by atoms with Crippen LogP contribution in [-0.2, 0) is 16.1 Å². The van der Waals surface area contributed by atoms with Crippen molar-refractivity contribution < 1.29 is 19.1 Å². The maximum atomic E-state index is 13.3. The third-order valence-corrected chi connectivity index (χ3v) is 7.07. The molecule has 9 nitrogen and oxygen atoms in total. The third kappa shape index (κ3) is 5.63. The Bertz CT molecular complexity index is 1450. The number of anilines is 1. The normalized spacial score (nSPS) is 11.1. The van der Waals surface area contributed by atoms with Gasteiger partial charge in [-0.15, -0.1) is 11.3 Å². The number of nitrogens with one attached hydrogen (secondary N) is 1. The minimum atomic E-state index is -0.468. The highest BCUT2D eigenvalue weighted by molar-refractivity contribution is 7.17. The zero-order valence-corrected chi connectivity index (χ0v) is 22.0. The summed E-state index contributed by atoms with van der Waals surface area (Å²) in [6.45, 7) is 8.12. The number of esters is 1. The average Bonchev–Trinajstić information content (AvgIpc) is 3.44. The van der Waals surface area contributed by atoms with Crippen LogP contribution in [0.1, 0.15) is 36.1 Å². The van der Waals surface area contributed by atoms with Crippen LogP contribution in [0.3, 0.4) is 0 Å². The van der Waals surface area contributed by atoms with Crippen molar-refractivity contribution in [3.63, 3.8) is 0 Å². The molecule has 3 heterocycles. The van der Waals surface area contributed by atoms with E-state index in [1.807, 2.05) is 50.4 Å². The first-order chi connectivity index (χ1) is 17.3. The standard InChI is InChI=1S/C25H26N4O5S2/c1-5-33-17-8-6-16(7-9-17)18-12-35-22-20(18)23(31)29(13-26-22)10-19(30)28-25-27-15(4)21(36-25)24(32)34-11-14(2)3/h6-9,12-14H,5,10-11H2,1-4H3,(H,27,28,30). The van der Waals surface area contributed by atoms with E-state index in [1.165, 1.54) is 22.2 Å². The zero-order chi connectivity index (χ0) is 25.8. The predicted octanol–water partition coefficient (Wildman–Crippen LogP) is 4.74. The van der Waals surface area contributed by atoms with Crippen LogP contribution in [0, 0.1) is 12.8 Å². The van der Waals surface area contributed by atoms with Crippen molar-refractivity contribution in [2.45, 2.75) is 34.2 Å². The van der Waals surface area contributed by atoms with Gasteiger partial charge >= 0.3 is 5.97 Å². The van der Waals surface area contributed by atoms with Crippen LogP contribution in [-0.4, -0.2) is 39.6 Å². The Morgan fingerprint density at radius 2 is 1.94 bits per heavy atom. The molecule has 0 fully saturated rings. The number of nitrogens with zero attached hydrogens (tertiary/aromatic N) is 3. The Balaban J connectivity index is 1.52. The third-order valence-electron chi connectivity index (χ3n) is 5.13. The predicted molar refractivity (Wildman–Crippen MR) is 141 cm³/mol. The molecule has 0 aliphatic rings. The van der Waals surface area contributed by atoms with Gasteiger partial charge in [0.1, 0.15) is 22.0 Å². The van der Waals surface area contributed by atoms with Crippen molar-refractivity contribution in [2.24, 2.45) is 5.92 Å². The molecule has 36 heavy (non-hydrogen) atoms.